The van der Waals surface area contributed by atoms with E-state index in [1.165, 1.54) is 0 Å². The Morgan fingerprint density at radius 3 is 2.67 bits per heavy atom. The summed E-state index contributed by atoms with van der Waals surface area (Å²) in [5.74, 6) is -0.845. The van der Waals surface area contributed by atoms with Crippen molar-refractivity contribution in [3.8, 4) is 0 Å². The van der Waals surface area contributed by atoms with Crippen molar-refractivity contribution in [2.24, 2.45) is 0 Å². The highest BCUT2D eigenvalue weighted by Crippen LogP contribution is 2.20. The first-order valence-electron chi connectivity index (χ1n) is 2.98. The van der Waals surface area contributed by atoms with Crippen LogP contribution in [0.4, 0.5) is 0 Å². The first-order valence-corrected chi connectivity index (χ1v) is 3.81. The lowest BCUT2D eigenvalue weighted by Crippen LogP contribution is -2.05. The Bertz CT molecular complexity index is 343. The van der Waals surface area contributed by atoms with E-state index in [4.69, 9.17) is 16.7 Å². The summed E-state index contributed by atoms with van der Waals surface area (Å²) in [6.07, 6.45) is 0. The minimum Gasteiger partial charge on any atom is -0.476 e. The summed E-state index contributed by atoms with van der Waals surface area (Å²) in [4.78, 5) is 18.0. The van der Waals surface area contributed by atoms with E-state index in [0.29, 0.717) is 5.82 Å². The summed E-state index contributed by atoms with van der Waals surface area (Å²) in [7, 11) is 0. The number of rotatable bonds is 1. The fourth-order valence-corrected chi connectivity index (χ4v) is 1.09. The molecule has 0 amide bonds. The molecule has 1 rings (SSSR count). The highest BCUT2D eigenvalue weighted by atomic mass is 35.5. The van der Waals surface area contributed by atoms with Crippen LogP contribution in [0.15, 0.2) is 4.90 Å². The molecule has 0 aromatic carbocycles. The summed E-state index contributed by atoms with van der Waals surface area (Å²) < 4.78 is 0. The van der Waals surface area contributed by atoms with Gasteiger partial charge in [0.25, 0.3) is 0 Å². The van der Waals surface area contributed by atoms with Gasteiger partial charge in [-0.05, 0) is 6.92 Å². The number of aryl methyl sites for hydroxylation is 1. The van der Waals surface area contributed by atoms with E-state index >= 15 is 0 Å². The van der Waals surface area contributed by atoms with Crippen molar-refractivity contribution in [3.05, 3.63) is 16.7 Å². The molecule has 0 atom stereocenters. The second-order valence-electron chi connectivity index (χ2n) is 2.06. The molecule has 4 nitrogen and oxygen atoms in total. The molecular weight excluding hydrogens is 200 g/mol. The summed E-state index contributed by atoms with van der Waals surface area (Å²) in [6, 6.07) is 0. The van der Waals surface area contributed by atoms with E-state index < -0.39 is 5.97 Å². The summed E-state index contributed by atoms with van der Waals surface area (Å²) in [5, 5.41) is 8.68. The van der Waals surface area contributed by atoms with Crippen LogP contribution in [0, 0.1) is 6.92 Å². The topological polar surface area (TPSA) is 63.1 Å². The molecule has 64 valence electrons. The summed E-state index contributed by atoms with van der Waals surface area (Å²) in [5.41, 5.74) is -0.171. The predicted octanol–water partition coefficient (Wildman–Crippen LogP) is 1.43. The molecular formula is C6H5ClN2O2S. The second-order valence-corrected chi connectivity index (χ2v) is 2.87. The Morgan fingerprint density at radius 2 is 2.17 bits per heavy atom. The molecule has 6 heteroatoms. The highest BCUT2D eigenvalue weighted by Gasteiger charge is 2.13. The lowest BCUT2D eigenvalue weighted by Gasteiger charge is -2.01. The summed E-state index contributed by atoms with van der Waals surface area (Å²) >= 11 is 9.43. The monoisotopic (exact) mass is 204 g/mol. The zero-order chi connectivity index (χ0) is 9.30. The maximum Gasteiger partial charge on any atom is 0.355 e. The Kier molecular flexibility index (Phi) is 2.54. The van der Waals surface area contributed by atoms with Crippen molar-refractivity contribution in [3.63, 3.8) is 0 Å². The molecule has 1 heterocycles. The molecule has 0 saturated heterocycles. The average Bonchev–Trinajstić information content (AvgIpc) is 1.96. The van der Waals surface area contributed by atoms with Crippen molar-refractivity contribution in [1.29, 1.82) is 0 Å². The predicted molar refractivity (Wildman–Crippen MR) is 46.0 cm³/mol. The van der Waals surface area contributed by atoms with E-state index in [2.05, 4.69) is 22.6 Å². The molecule has 1 aromatic heterocycles. The summed E-state index contributed by atoms with van der Waals surface area (Å²) in [6.45, 7) is 1.56. The van der Waals surface area contributed by atoms with Crippen LogP contribution in [-0.4, -0.2) is 21.0 Å². The first kappa shape index (κ1) is 9.28. The van der Waals surface area contributed by atoms with Gasteiger partial charge in [0.2, 0.25) is 0 Å². The molecule has 0 aliphatic heterocycles. The van der Waals surface area contributed by atoms with Crippen LogP contribution < -0.4 is 0 Å². The number of nitrogens with zero attached hydrogens (tertiary/aromatic N) is 2. The van der Waals surface area contributed by atoms with Crippen molar-refractivity contribution in [2.45, 2.75) is 11.8 Å². The Hall–Kier alpha value is -0.810. The van der Waals surface area contributed by atoms with Crippen LogP contribution in [0.25, 0.3) is 0 Å². The van der Waals surface area contributed by atoms with Gasteiger partial charge in [-0.1, -0.05) is 11.6 Å². The van der Waals surface area contributed by atoms with Gasteiger partial charge in [0.05, 0.1) is 4.90 Å². The quantitative estimate of drug-likeness (QED) is 0.537. The second kappa shape index (κ2) is 3.28. The number of carboxylic acids is 1. The minimum atomic E-state index is -1.16. The van der Waals surface area contributed by atoms with Gasteiger partial charge < -0.3 is 5.11 Å². The minimum absolute atomic E-state index is 0.0585. The molecule has 0 fully saturated rings. The third-order valence-electron chi connectivity index (χ3n) is 1.16. The zero-order valence-corrected chi connectivity index (χ0v) is 7.73. The molecule has 1 N–H and O–H groups in total. The number of halogens is 1. The fourth-order valence-electron chi connectivity index (χ4n) is 0.682. The molecule has 0 spiro atoms. The van der Waals surface area contributed by atoms with Gasteiger partial charge in [-0.3, -0.25) is 0 Å². The average molecular weight is 205 g/mol. The molecule has 0 bridgehead atoms. The van der Waals surface area contributed by atoms with E-state index in [-0.39, 0.29) is 15.7 Å². The van der Waals surface area contributed by atoms with Crippen LogP contribution in [0.1, 0.15) is 16.3 Å². The largest absolute Gasteiger partial charge is 0.476 e. The van der Waals surface area contributed by atoms with Crippen molar-refractivity contribution < 1.29 is 9.90 Å². The lowest BCUT2D eigenvalue weighted by atomic mass is 10.4. The van der Waals surface area contributed by atoms with Crippen LogP contribution in [-0.2, 0) is 0 Å². The first-order chi connectivity index (χ1) is 5.52. The lowest BCUT2D eigenvalue weighted by molar-refractivity contribution is 0.0685. The van der Waals surface area contributed by atoms with Crippen LogP contribution >= 0.6 is 24.2 Å². The van der Waals surface area contributed by atoms with Crippen molar-refractivity contribution in [1.82, 2.24) is 9.97 Å². The molecule has 12 heavy (non-hydrogen) atoms. The number of aromatic carboxylic acids is 1. The van der Waals surface area contributed by atoms with Gasteiger partial charge >= 0.3 is 5.97 Å². The Balaban J connectivity index is 3.37. The number of hydrogen-bond donors (Lipinski definition) is 2. The van der Waals surface area contributed by atoms with Gasteiger partial charge in [0, 0.05) is 0 Å². The van der Waals surface area contributed by atoms with Gasteiger partial charge in [-0.2, -0.15) is 0 Å². The Labute approximate surface area is 79.0 Å². The maximum atomic E-state index is 10.5. The SMILES string of the molecule is Cc1nc(Cl)c(S)c(C(=O)O)n1. The number of carboxylic acid groups (broad SMARTS) is 1. The number of hydrogen-bond acceptors (Lipinski definition) is 4. The number of aromatic nitrogens is 2. The fraction of sp³-hybridized carbons (Fsp3) is 0.167. The maximum absolute atomic E-state index is 10.5. The Morgan fingerprint density at radius 1 is 1.58 bits per heavy atom. The number of thiol groups is 1. The van der Waals surface area contributed by atoms with Gasteiger partial charge in [-0.15, -0.1) is 12.6 Å². The van der Waals surface area contributed by atoms with E-state index in [1.54, 1.807) is 6.92 Å². The third-order valence-corrected chi connectivity index (χ3v) is 1.98. The third kappa shape index (κ3) is 1.67. The number of carbonyl (C=O) groups is 1. The molecule has 1 aromatic rings. The van der Waals surface area contributed by atoms with Crippen LogP contribution in [0.3, 0.4) is 0 Å². The van der Waals surface area contributed by atoms with Gasteiger partial charge in [0.1, 0.15) is 11.0 Å². The van der Waals surface area contributed by atoms with Crippen LogP contribution in [0.2, 0.25) is 5.15 Å². The normalized spacial score (nSPS) is 9.92. The molecule has 0 radical (unpaired) electrons. The highest BCUT2D eigenvalue weighted by molar-refractivity contribution is 7.80. The van der Waals surface area contributed by atoms with Crippen molar-refractivity contribution >= 4 is 30.2 Å². The molecule has 0 saturated carbocycles. The van der Waals surface area contributed by atoms with E-state index in [9.17, 15) is 4.79 Å². The van der Waals surface area contributed by atoms with Crippen molar-refractivity contribution in [2.75, 3.05) is 0 Å². The van der Waals surface area contributed by atoms with E-state index in [0.717, 1.165) is 0 Å². The molecule has 0 aliphatic carbocycles. The van der Waals surface area contributed by atoms with Crippen LogP contribution in [0.5, 0.6) is 0 Å². The van der Waals surface area contributed by atoms with Gasteiger partial charge in [-0.25, -0.2) is 14.8 Å². The molecule has 0 aliphatic rings. The van der Waals surface area contributed by atoms with E-state index in [1.807, 2.05) is 0 Å². The standard InChI is InChI=1S/C6H5ClN2O2S/c1-2-8-3(6(10)11)4(12)5(7)9-2/h12H,1H3,(H,10,11). The van der Waals surface area contributed by atoms with Gasteiger partial charge in [0.15, 0.2) is 5.69 Å². The molecule has 0 unspecified atom stereocenters. The smallest absolute Gasteiger partial charge is 0.355 e. The zero-order valence-electron chi connectivity index (χ0n) is 6.08.